The van der Waals surface area contributed by atoms with Crippen molar-refractivity contribution in [3.05, 3.63) is 54.1 Å². The van der Waals surface area contributed by atoms with Crippen molar-refractivity contribution in [1.82, 2.24) is 10.7 Å². The third-order valence-corrected chi connectivity index (χ3v) is 5.35. The highest BCUT2D eigenvalue weighted by Gasteiger charge is 2.32. The van der Waals surface area contributed by atoms with E-state index < -0.39 is 18.1 Å². The van der Waals surface area contributed by atoms with Crippen molar-refractivity contribution >= 4 is 17.5 Å². The third-order valence-electron chi connectivity index (χ3n) is 5.35. The van der Waals surface area contributed by atoms with E-state index in [1.54, 1.807) is 6.92 Å². The number of carbonyl (C=O) groups excluding carboxylic acids is 2. The zero-order chi connectivity index (χ0) is 22.5. The smallest absolute Gasteiger partial charge is 0.255 e. The quantitative estimate of drug-likeness (QED) is 0.605. The Morgan fingerprint density at radius 3 is 2.45 bits per heavy atom. The topological polar surface area (TPSA) is 90.9 Å². The largest absolute Gasteiger partial charge is 0.389 e. The lowest BCUT2D eigenvalue weighted by Gasteiger charge is -2.27. The van der Waals surface area contributed by atoms with E-state index in [0.717, 1.165) is 16.7 Å². The van der Waals surface area contributed by atoms with E-state index in [4.69, 9.17) is 4.74 Å². The summed E-state index contributed by atoms with van der Waals surface area (Å²) in [6.45, 7) is 7.72. The number of amides is 2. The van der Waals surface area contributed by atoms with Crippen molar-refractivity contribution in [2.45, 2.75) is 51.9 Å². The van der Waals surface area contributed by atoms with Crippen molar-refractivity contribution in [2.75, 3.05) is 18.2 Å². The Morgan fingerprint density at radius 1 is 1.10 bits per heavy atom. The maximum Gasteiger partial charge on any atom is 0.255 e. The molecule has 0 spiro atoms. The second-order valence-corrected chi connectivity index (χ2v) is 8.14. The van der Waals surface area contributed by atoms with E-state index in [-0.39, 0.29) is 31.1 Å². The Morgan fingerprint density at radius 2 is 1.74 bits per heavy atom. The van der Waals surface area contributed by atoms with Crippen LogP contribution in [0.3, 0.4) is 0 Å². The summed E-state index contributed by atoms with van der Waals surface area (Å²) < 4.78 is 5.38. The number of nitrogens with one attached hydrogen (secondary N) is 2. The Kier molecular flexibility index (Phi) is 7.43. The monoisotopic (exact) mass is 425 g/mol. The van der Waals surface area contributed by atoms with Crippen molar-refractivity contribution in [2.24, 2.45) is 0 Å². The molecule has 3 rings (SSSR count). The van der Waals surface area contributed by atoms with Gasteiger partial charge in [0.15, 0.2) is 0 Å². The van der Waals surface area contributed by atoms with Crippen LogP contribution in [0.2, 0.25) is 0 Å². The SMILES string of the molecule is CC(C)OC[C@H](O)CN[C@@H](C)C(=O)NN1C(=O)[C@@H](C)c2ccccc2-c2ccccc21. The van der Waals surface area contributed by atoms with Gasteiger partial charge in [0, 0.05) is 12.1 Å². The van der Waals surface area contributed by atoms with Crippen LogP contribution >= 0.6 is 0 Å². The molecule has 0 aliphatic carbocycles. The van der Waals surface area contributed by atoms with Gasteiger partial charge in [0.05, 0.1) is 36.5 Å². The normalized spacial score (nSPS) is 17.5. The molecule has 1 aliphatic rings. The summed E-state index contributed by atoms with van der Waals surface area (Å²) in [5, 5.41) is 14.4. The Hall–Kier alpha value is -2.74. The molecule has 0 saturated carbocycles. The number of rotatable bonds is 8. The molecular weight excluding hydrogens is 394 g/mol. The van der Waals surface area contributed by atoms with Crippen LogP contribution in [0, 0.1) is 0 Å². The Bertz CT molecular complexity index is 931. The molecule has 1 heterocycles. The highest BCUT2D eigenvalue weighted by atomic mass is 16.5. The Labute approximate surface area is 183 Å². The number of nitrogens with zero attached hydrogens (tertiary/aromatic N) is 1. The minimum absolute atomic E-state index is 0.0237. The fourth-order valence-corrected chi connectivity index (χ4v) is 3.55. The van der Waals surface area contributed by atoms with Gasteiger partial charge in [0.1, 0.15) is 0 Å². The summed E-state index contributed by atoms with van der Waals surface area (Å²) in [7, 11) is 0. The van der Waals surface area contributed by atoms with Crippen LogP contribution in [0.4, 0.5) is 5.69 Å². The number of carbonyl (C=O) groups is 2. The summed E-state index contributed by atoms with van der Waals surface area (Å²) in [5.41, 5.74) is 6.20. The predicted octanol–water partition coefficient (Wildman–Crippen LogP) is 2.60. The number of fused-ring (bicyclic) bond motifs is 3. The molecular formula is C24H31N3O4. The summed E-state index contributed by atoms with van der Waals surface area (Å²) >= 11 is 0. The van der Waals surface area contributed by atoms with Crippen LogP contribution in [0.1, 0.15) is 39.2 Å². The molecule has 3 atom stereocenters. The molecule has 0 aromatic heterocycles. The van der Waals surface area contributed by atoms with Gasteiger partial charge in [0.25, 0.3) is 11.8 Å². The van der Waals surface area contributed by atoms with Crippen LogP contribution in [-0.4, -0.2) is 48.3 Å². The van der Waals surface area contributed by atoms with Gasteiger partial charge < -0.3 is 15.2 Å². The van der Waals surface area contributed by atoms with Gasteiger partial charge >= 0.3 is 0 Å². The summed E-state index contributed by atoms with van der Waals surface area (Å²) in [4.78, 5) is 26.1. The number of ether oxygens (including phenoxy) is 1. The van der Waals surface area contributed by atoms with Crippen molar-refractivity contribution in [1.29, 1.82) is 0 Å². The molecule has 2 aromatic rings. The van der Waals surface area contributed by atoms with Crippen molar-refractivity contribution < 1.29 is 19.4 Å². The molecule has 1 aliphatic heterocycles. The first kappa shape index (κ1) is 22.9. The summed E-state index contributed by atoms with van der Waals surface area (Å²) in [6.07, 6.45) is -0.705. The van der Waals surface area contributed by atoms with E-state index in [2.05, 4.69) is 10.7 Å². The zero-order valence-electron chi connectivity index (χ0n) is 18.5. The summed E-state index contributed by atoms with van der Waals surface area (Å²) in [6, 6.07) is 14.7. The molecule has 2 aromatic carbocycles. The highest BCUT2D eigenvalue weighted by Crippen LogP contribution is 2.39. The van der Waals surface area contributed by atoms with Crippen LogP contribution in [0.5, 0.6) is 0 Å². The predicted molar refractivity (Wildman–Crippen MR) is 120 cm³/mol. The van der Waals surface area contributed by atoms with E-state index in [9.17, 15) is 14.7 Å². The molecule has 7 heteroatoms. The molecule has 0 radical (unpaired) electrons. The second kappa shape index (κ2) is 10.0. The summed E-state index contributed by atoms with van der Waals surface area (Å²) in [5.74, 6) is -0.983. The van der Waals surface area contributed by atoms with Gasteiger partial charge in [-0.25, -0.2) is 5.01 Å². The van der Waals surface area contributed by atoms with E-state index in [1.807, 2.05) is 69.3 Å². The number of anilines is 1. The first-order valence-corrected chi connectivity index (χ1v) is 10.7. The average Bonchev–Trinajstić information content (AvgIpc) is 2.86. The Balaban J connectivity index is 1.75. The van der Waals surface area contributed by atoms with Gasteiger partial charge in [0.2, 0.25) is 0 Å². The maximum atomic E-state index is 13.3. The van der Waals surface area contributed by atoms with Gasteiger partial charge in [-0.3, -0.25) is 15.0 Å². The van der Waals surface area contributed by atoms with Gasteiger partial charge in [-0.2, -0.15) is 0 Å². The number of benzene rings is 2. The standard InChI is InChI=1S/C24H31N3O4/c1-15(2)31-14-18(28)13-25-17(4)23(29)26-27-22-12-8-7-11-21(22)20-10-6-5-9-19(20)16(3)24(27)30/h5-12,15-18,25,28H,13-14H2,1-4H3,(H,26,29)/t16-,17-,18+/m0/s1. The number of hydrogen-bond donors (Lipinski definition) is 3. The lowest BCUT2D eigenvalue weighted by molar-refractivity contribution is -0.127. The molecule has 7 nitrogen and oxygen atoms in total. The fraction of sp³-hybridized carbons (Fsp3) is 0.417. The van der Waals surface area contributed by atoms with Crippen LogP contribution in [0.25, 0.3) is 11.1 Å². The number of aliphatic hydroxyl groups is 1. The molecule has 3 N–H and O–H groups in total. The minimum Gasteiger partial charge on any atom is -0.389 e. The third kappa shape index (κ3) is 5.31. The molecule has 166 valence electrons. The fourth-order valence-electron chi connectivity index (χ4n) is 3.55. The van der Waals surface area contributed by atoms with Crippen LogP contribution in [0.15, 0.2) is 48.5 Å². The first-order valence-electron chi connectivity index (χ1n) is 10.7. The molecule has 0 bridgehead atoms. The van der Waals surface area contributed by atoms with Gasteiger partial charge in [-0.05, 0) is 44.9 Å². The molecule has 0 saturated heterocycles. The number of hydrogen-bond acceptors (Lipinski definition) is 5. The second-order valence-electron chi connectivity index (χ2n) is 8.14. The van der Waals surface area contributed by atoms with Gasteiger partial charge in [-0.1, -0.05) is 42.5 Å². The zero-order valence-corrected chi connectivity index (χ0v) is 18.5. The van der Waals surface area contributed by atoms with Gasteiger partial charge in [-0.15, -0.1) is 0 Å². The highest BCUT2D eigenvalue weighted by molar-refractivity contribution is 6.06. The first-order chi connectivity index (χ1) is 14.8. The van der Waals surface area contributed by atoms with Crippen molar-refractivity contribution in [3.63, 3.8) is 0 Å². The van der Waals surface area contributed by atoms with Crippen LogP contribution in [-0.2, 0) is 14.3 Å². The lowest BCUT2D eigenvalue weighted by Crippen LogP contribution is -2.54. The lowest BCUT2D eigenvalue weighted by atomic mass is 9.92. The maximum absolute atomic E-state index is 13.3. The molecule has 0 fully saturated rings. The molecule has 31 heavy (non-hydrogen) atoms. The number of hydrazine groups is 1. The van der Waals surface area contributed by atoms with E-state index in [1.165, 1.54) is 5.01 Å². The number of para-hydroxylation sites is 1. The van der Waals surface area contributed by atoms with Crippen molar-refractivity contribution in [3.8, 4) is 11.1 Å². The van der Waals surface area contributed by atoms with E-state index >= 15 is 0 Å². The van der Waals surface area contributed by atoms with Crippen LogP contribution < -0.4 is 15.8 Å². The molecule has 0 unspecified atom stereocenters. The van der Waals surface area contributed by atoms with E-state index in [0.29, 0.717) is 5.69 Å². The average molecular weight is 426 g/mol. The minimum atomic E-state index is -0.729. The number of aliphatic hydroxyl groups excluding tert-OH is 1. The molecule has 2 amide bonds.